The van der Waals surface area contributed by atoms with E-state index in [1.54, 1.807) is 6.20 Å². The number of hydrogen-bond acceptors (Lipinski definition) is 5. The zero-order valence-electron chi connectivity index (χ0n) is 23.8. The van der Waals surface area contributed by atoms with E-state index in [2.05, 4.69) is 33.4 Å². The molecule has 9 aromatic rings. The quantitative estimate of drug-likeness (QED) is 0.169. The largest absolute Gasteiger partial charge is 0.501 e. The third-order valence-electron chi connectivity index (χ3n) is 7.49. The molecule has 0 spiro atoms. The van der Waals surface area contributed by atoms with Crippen LogP contribution in [0.25, 0.3) is 72.3 Å². The van der Waals surface area contributed by atoms with Crippen LogP contribution in [-0.4, -0.2) is 24.7 Å². The second-order valence-corrected chi connectivity index (χ2v) is 10.2. The fraction of sp³-hybridized carbons (Fsp3) is 0. The van der Waals surface area contributed by atoms with Crippen molar-refractivity contribution in [2.24, 2.45) is 0 Å². The van der Waals surface area contributed by atoms with E-state index in [0.717, 1.165) is 66.7 Å². The molecule has 217 valence electrons. The van der Waals surface area contributed by atoms with Crippen LogP contribution < -0.4 is 0 Å². The van der Waals surface area contributed by atoms with Crippen LogP contribution in [0.15, 0.2) is 144 Å². The first-order chi connectivity index (χ1) is 21.8. The first kappa shape index (κ1) is 28.3. The Morgan fingerprint density at radius 1 is 0.622 bits per heavy atom. The van der Waals surface area contributed by atoms with Crippen LogP contribution in [0.5, 0.6) is 0 Å². The molecule has 0 unspecified atom stereocenters. The van der Waals surface area contributed by atoms with Gasteiger partial charge in [0, 0.05) is 42.8 Å². The van der Waals surface area contributed by atoms with Gasteiger partial charge in [0.15, 0.2) is 5.65 Å². The summed E-state index contributed by atoms with van der Waals surface area (Å²) in [5, 5.41) is 12.1. The Morgan fingerprint density at radius 2 is 1.40 bits per heavy atom. The van der Waals surface area contributed by atoms with Gasteiger partial charge in [-0.15, -0.1) is 64.3 Å². The molecule has 4 aromatic heterocycles. The standard InChI is InChI=1S/C27H15N4O.C11H8N.Ir/c1-2-9-17(10-3-1)31-26(28-24-20-12-4-6-15-22(20)29-30-27(24)31)21-14-8-13-19-18-11-5-7-16-23(18)32-25(19)21;1-2-6-10(7-3-1)11-8-4-5-9-12-11;/h1-13,15-16H;1-6,8-9H;/q2*-1;. The number of imidazole rings is 1. The zero-order chi connectivity index (χ0) is 29.3. The van der Waals surface area contributed by atoms with Crippen LogP contribution in [0.3, 0.4) is 0 Å². The van der Waals surface area contributed by atoms with Gasteiger partial charge in [0.2, 0.25) is 0 Å². The maximum Gasteiger partial charge on any atom is 0.178 e. The number of pyridine rings is 1. The fourth-order valence-corrected chi connectivity index (χ4v) is 5.47. The average molecular weight is 758 g/mol. The van der Waals surface area contributed by atoms with Crippen molar-refractivity contribution in [2.75, 3.05) is 0 Å². The molecule has 7 heteroatoms. The molecule has 9 rings (SSSR count). The molecule has 45 heavy (non-hydrogen) atoms. The third-order valence-corrected chi connectivity index (χ3v) is 7.49. The van der Waals surface area contributed by atoms with Crippen LogP contribution in [0.1, 0.15) is 0 Å². The van der Waals surface area contributed by atoms with E-state index in [-0.39, 0.29) is 20.1 Å². The molecule has 4 heterocycles. The van der Waals surface area contributed by atoms with Crippen molar-refractivity contribution in [3.8, 4) is 28.3 Å². The van der Waals surface area contributed by atoms with Gasteiger partial charge in [-0.05, 0) is 36.0 Å². The summed E-state index contributed by atoms with van der Waals surface area (Å²) >= 11 is 0. The molecule has 0 saturated carbocycles. The minimum atomic E-state index is 0. The average Bonchev–Trinajstić information content (AvgIpc) is 3.69. The van der Waals surface area contributed by atoms with E-state index < -0.39 is 0 Å². The number of benzene rings is 5. The van der Waals surface area contributed by atoms with E-state index in [1.165, 1.54) is 0 Å². The van der Waals surface area contributed by atoms with Gasteiger partial charge in [-0.2, -0.15) is 0 Å². The Labute approximate surface area is 272 Å². The molecule has 6 nitrogen and oxygen atoms in total. The number of hydrogen-bond donors (Lipinski definition) is 0. The number of fused-ring (bicyclic) bond motifs is 6. The van der Waals surface area contributed by atoms with E-state index in [9.17, 15) is 0 Å². The first-order valence-corrected chi connectivity index (χ1v) is 14.2. The molecular formula is C38H23IrN5O-2. The molecule has 0 aliphatic heterocycles. The van der Waals surface area contributed by atoms with Gasteiger partial charge in [-0.25, -0.2) is 0 Å². The summed E-state index contributed by atoms with van der Waals surface area (Å²) in [5.74, 6) is 0.724. The summed E-state index contributed by atoms with van der Waals surface area (Å²) in [4.78, 5) is 9.29. The number of aromatic nitrogens is 5. The van der Waals surface area contributed by atoms with Crippen molar-refractivity contribution in [3.05, 3.63) is 152 Å². The molecular weight excluding hydrogens is 735 g/mol. The zero-order valence-corrected chi connectivity index (χ0v) is 26.2. The number of rotatable bonds is 3. The Balaban J connectivity index is 0.000000211. The minimum absolute atomic E-state index is 0. The van der Waals surface area contributed by atoms with Crippen molar-refractivity contribution in [1.82, 2.24) is 24.7 Å². The van der Waals surface area contributed by atoms with Gasteiger partial charge >= 0.3 is 0 Å². The Morgan fingerprint density at radius 3 is 2.22 bits per heavy atom. The topological polar surface area (TPSA) is 69.6 Å². The second kappa shape index (κ2) is 12.2. The monoisotopic (exact) mass is 758 g/mol. The molecule has 0 aliphatic rings. The Kier molecular flexibility index (Phi) is 7.70. The molecule has 0 fully saturated rings. The summed E-state index contributed by atoms with van der Waals surface area (Å²) in [6, 6.07) is 50.3. The molecule has 1 radical (unpaired) electrons. The normalized spacial score (nSPS) is 10.9. The van der Waals surface area contributed by atoms with Gasteiger partial charge < -0.3 is 14.0 Å². The predicted octanol–water partition coefficient (Wildman–Crippen LogP) is 8.88. The molecule has 0 bridgehead atoms. The fourth-order valence-electron chi connectivity index (χ4n) is 5.47. The van der Waals surface area contributed by atoms with E-state index in [1.807, 2.05) is 132 Å². The minimum Gasteiger partial charge on any atom is -0.501 e. The maximum absolute atomic E-state index is 6.29. The molecule has 0 N–H and O–H groups in total. The number of nitrogens with zero attached hydrogens (tertiary/aromatic N) is 5. The van der Waals surface area contributed by atoms with Crippen molar-refractivity contribution in [2.45, 2.75) is 0 Å². The SMILES string of the molecule is [Ir].[c-]1ccc2c(oc3ccccc32)c1-c1nc2c3ccccc3nnc2n1-c1ccccc1.[c-]1ccccc1-c1ccccn1. The van der Waals surface area contributed by atoms with Crippen molar-refractivity contribution in [1.29, 1.82) is 0 Å². The van der Waals surface area contributed by atoms with Crippen molar-refractivity contribution >= 4 is 44.0 Å². The molecule has 5 aromatic carbocycles. The third kappa shape index (κ3) is 5.18. The Hall–Kier alpha value is -5.49. The van der Waals surface area contributed by atoms with Gasteiger partial charge in [0.05, 0.1) is 16.9 Å². The summed E-state index contributed by atoms with van der Waals surface area (Å²) < 4.78 is 8.33. The number of furan rings is 1. The van der Waals surface area contributed by atoms with Crippen molar-refractivity contribution in [3.63, 3.8) is 0 Å². The van der Waals surface area contributed by atoms with Crippen LogP contribution >= 0.6 is 0 Å². The summed E-state index contributed by atoms with van der Waals surface area (Å²) in [5.41, 5.74) is 7.68. The molecule has 0 atom stereocenters. The van der Waals surface area contributed by atoms with Crippen LogP contribution in [0.2, 0.25) is 0 Å². The van der Waals surface area contributed by atoms with Gasteiger partial charge in [-0.3, -0.25) is 4.98 Å². The van der Waals surface area contributed by atoms with E-state index in [4.69, 9.17) is 9.40 Å². The van der Waals surface area contributed by atoms with Crippen LogP contribution in [-0.2, 0) is 20.1 Å². The summed E-state index contributed by atoms with van der Waals surface area (Å²) in [6.45, 7) is 0. The summed E-state index contributed by atoms with van der Waals surface area (Å²) in [6.07, 6.45) is 1.79. The van der Waals surface area contributed by atoms with Crippen LogP contribution in [0.4, 0.5) is 0 Å². The predicted molar refractivity (Wildman–Crippen MR) is 174 cm³/mol. The van der Waals surface area contributed by atoms with E-state index in [0.29, 0.717) is 5.65 Å². The molecule has 0 aliphatic carbocycles. The molecule has 0 saturated heterocycles. The molecule has 0 amide bonds. The maximum atomic E-state index is 6.29. The van der Waals surface area contributed by atoms with Gasteiger partial charge in [0.1, 0.15) is 11.1 Å². The van der Waals surface area contributed by atoms with Gasteiger partial charge in [-0.1, -0.05) is 77.7 Å². The van der Waals surface area contributed by atoms with E-state index >= 15 is 0 Å². The summed E-state index contributed by atoms with van der Waals surface area (Å²) in [7, 11) is 0. The van der Waals surface area contributed by atoms with Crippen molar-refractivity contribution < 1.29 is 24.5 Å². The first-order valence-electron chi connectivity index (χ1n) is 14.2. The Bertz CT molecular complexity index is 2350. The smallest absolute Gasteiger partial charge is 0.178 e. The van der Waals surface area contributed by atoms with Gasteiger partial charge in [0.25, 0.3) is 0 Å². The second-order valence-electron chi connectivity index (χ2n) is 10.2. The van der Waals surface area contributed by atoms with Crippen LogP contribution in [0, 0.1) is 12.1 Å². The number of para-hydroxylation sites is 2.